The summed E-state index contributed by atoms with van der Waals surface area (Å²) in [6, 6.07) is 2.21. The first-order valence-corrected chi connectivity index (χ1v) is 10.1. The topological polar surface area (TPSA) is 37.4 Å². The van der Waals surface area contributed by atoms with Crippen LogP contribution in [-0.2, 0) is 10.0 Å². The zero-order valence-electron chi connectivity index (χ0n) is 13.7. The number of nitrogens with zero attached hydrogens (tertiary/aromatic N) is 1. The maximum absolute atomic E-state index is 14.1. The van der Waals surface area contributed by atoms with Crippen LogP contribution >= 0.6 is 0 Å². The summed E-state index contributed by atoms with van der Waals surface area (Å²) in [5.41, 5.74) is 0.00930. The van der Waals surface area contributed by atoms with Gasteiger partial charge in [-0.05, 0) is 49.8 Å². The molecule has 1 aromatic rings. The van der Waals surface area contributed by atoms with Crippen molar-refractivity contribution in [2.24, 2.45) is 5.92 Å². The Hall–Kier alpha value is -1.15. The number of hydrogen-bond donors (Lipinski definition) is 0. The van der Waals surface area contributed by atoms with Crippen LogP contribution in [0.4, 0.5) is 17.6 Å². The van der Waals surface area contributed by atoms with Crippen molar-refractivity contribution in [3.63, 3.8) is 0 Å². The van der Waals surface area contributed by atoms with Crippen LogP contribution in [0.1, 0.15) is 50.1 Å². The van der Waals surface area contributed by atoms with Gasteiger partial charge in [-0.25, -0.2) is 26.0 Å². The number of rotatable bonds is 4. The van der Waals surface area contributed by atoms with Gasteiger partial charge in [0.2, 0.25) is 15.9 Å². The van der Waals surface area contributed by atoms with Crippen LogP contribution in [0.15, 0.2) is 18.2 Å². The molecule has 0 radical (unpaired) electrons. The minimum Gasteiger partial charge on any atom is -0.212 e. The molecule has 2 aliphatic rings. The largest absolute Gasteiger partial charge is 0.248 e. The van der Waals surface area contributed by atoms with Crippen molar-refractivity contribution < 1.29 is 26.0 Å². The van der Waals surface area contributed by atoms with Crippen LogP contribution < -0.4 is 0 Å². The van der Waals surface area contributed by atoms with E-state index >= 15 is 0 Å². The average molecular weight is 379 g/mol. The third kappa shape index (κ3) is 4.16. The van der Waals surface area contributed by atoms with E-state index in [1.54, 1.807) is 0 Å². The molecule has 0 aromatic heterocycles. The fraction of sp³-hybridized carbons (Fsp3) is 0.647. The van der Waals surface area contributed by atoms with Crippen LogP contribution in [0.25, 0.3) is 0 Å². The van der Waals surface area contributed by atoms with Crippen molar-refractivity contribution in [2.75, 3.05) is 12.3 Å². The highest BCUT2D eigenvalue weighted by molar-refractivity contribution is 7.89. The van der Waals surface area contributed by atoms with Crippen LogP contribution in [-0.4, -0.2) is 30.9 Å². The maximum Gasteiger partial charge on any atom is 0.248 e. The summed E-state index contributed by atoms with van der Waals surface area (Å²) in [5.74, 6) is -5.08. The van der Waals surface area contributed by atoms with Crippen molar-refractivity contribution in [3.8, 4) is 0 Å². The Balaban J connectivity index is 1.80. The molecule has 1 aliphatic carbocycles. The summed E-state index contributed by atoms with van der Waals surface area (Å²) in [5, 5.41) is 0. The molecule has 1 aromatic carbocycles. The van der Waals surface area contributed by atoms with E-state index in [2.05, 4.69) is 0 Å². The molecule has 3 rings (SSSR count). The van der Waals surface area contributed by atoms with Gasteiger partial charge in [0.05, 0.1) is 11.8 Å². The molecule has 3 nitrogen and oxygen atoms in total. The molecule has 0 N–H and O–H groups in total. The van der Waals surface area contributed by atoms with Crippen molar-refractivity contribution in [1.82, 2.24) is 4.31 Å². The van der Waals surface area contributed by atoms with Gasteiger partial charge in [0.1, 0.15) is 11.6 Å². The lowest BCUT2D eigenvalue weighted by Gasteiger charge is -2.31. The normalized spacial score (nSPS) is 27.5. The summed E-state index contributed by atoms with van der Waals surface area (Å²) < 4.78 is 81.3. The van der Waals surface area contributed by atoms with Gasteiger partial charge in [-0.2, -0.15) is 4.31 Å². The zero-order chi connectivity index (χ0) is 18.2. The summed E-state index contributed by atoms with van der Waals surface area (Å²) in [6.45, 7) is 0.200. The highest BCUT2D eigenvalue weighted by Gasteiger charge is 2.42. The Bertz CT molecular complexity index is 738. The molecule has 25 heavy (non-hydrogen) atoms. The Labute approximate surface area is 145 Å². The van der Waals surface area contributed by atoms with Gasteiger partial charge in [0.15, 0.2) is 0 Å². The second-order valence-corrected chi connectivity index (χ2v) is 9.00. The van der Waals surface area contributed by atoms with E-state index in [4.69, 9.17) is 0 Å². The Kier molecular flexibility index (Phi) is 5.12. The van der Waals surface area contributed by atoms with E-state index < -0.39 is 46.0 Å². The molecule has 0 spiro atoms. The van der Waals surface area contributed by atoms with Gasteiger partial charge in [-0.3, -0.25) is 0 Å². The van der Waals surface area contributed by atoms with Crippen molar-refractivity contribution in [2.45, 2.75) is 50.5 Å². The standard InChI is InChI=1S/C17H21F4NO2S/c18-13-5-6-15(19)14(9-13)16-4-2-8-22(16)25(23,24)11-12-3-1-7-17(20,21)10-12/h5-6,9,12,16H,1-4,7-8,10-11H2. The van der Waals surface area contributed by atoms with Crippen LogP contribution in [0.3, 0.4) is 0 Å². The fourth-order valence-corrected chi connectivity index (χ4v) is 6.05. The smallest absolute Gasteiger partial charge is 0.212 e. The molecular weight excluding hydrogens is 358 g/mol. The first-order valence-electron chi connectivity index (χ1n) is 8.50. The monoisotopic (exact) mass is 379 g/mol. The molecule has 1 heterocycles. The molecule has 0 bridgehead atoms. The van der Waals surface area contributed by atoms with E-state index in [1.165, 1.54) is 0 Å². The highest BCUT2D eigenvalue weighted by Crippen LogP contribution is 2.40. The molecular formula is C17H21F4NO2S. The molecule has 2 unspecified atom stereocenters. The molecule has 1 saturated carbocycles. The van der Waals surface area contributed by atoms with E-state index in [0.29, 0.717) is 25.7 Å². The summed E-state index contributed by atoms with van der Waals surface area (Å²) in [6.07, 6.45) is 1.03. The molecule has 1 aliphatic heterocycles. The summed E-state index contributed by atoms with van der Waals surface area (Å²) in [7, 11) is -3.83. The predicted octanol–water partition coefficient (Wildman–Crippen LogP) is 4.26. The van der Waals surface area contributed by atoms with E-state index in [9.17, 15) is 26.0 Å². The minimum absolute atomic E-state index is 0.00930. The second kappa shape index (κ2) is 6.87. The van der Waals surface area contributed by atoms with E-state index in [0.717, 1.165) is 22.5 Å². The van der Waals surface area contributed by atoms with Crippen LogP contribution in [0, 0.1) is 17.6 Å². The van der Waals surface area contributed by atoms with Gasteiger partial charge < -0.3 is 0 Å². The second-order valence-electron chi connectivity index (χ2n) is 7.03. The lowest BCUT2D eigenvalue weighted by atomic mass is 9.88. The molecule has 8 heteroatoms. The highest BCUT2D eigenvalue weighted by atomic mass is 32.2. The van der Waals surface area contributed by atoms with Crippen molar-refractivity contribution in [3.05, 3.63) is 35.4 Å². The van der Waals surface area contributed by atoms with Gasteiger partial charge in [0.25, 0.3) is 0 Å². The fourth-order valence-electron chi connectivity index (χ4n) is 3.97. The van der Waals surface area contributed by atoms with Crippen molar-refractivity contribution >= 4 is 10.0 Å². The van der Waals surface area contributed by atoms with Crippen LogP contribution in [0.5, 0.6) is 0 Å². The molecule has 2 atom stereocenters. The quantitative estimate of drug-likeness (QED) is 0.733. The Morgan fingerprint density at radius 3 is 2.64 bits per heavy atom. The van der Waals surface area contributed by atoms with Gasteiger partial charge >= 0.3 is 0 Å². The molecule has 0 amide bonds. The summed E-state index contributed by atoms with van der Waals surface area (Å²) in [4.78, 5) is 0. The number of sulfonamides is 1. The number of hydrogen-bond acceptors (Lipinski definition) is 2. The first kappa shape index (κ1) is 18.6. The number of alkyl halides is 2. The molecule has 140 valence electrons. The third-order valence-corrected chi connectivity index (χ3v) is 7.11. The zero-order valence-corrected chi connectivity index (χ0v) is 14.5. The lowest BCUT2D eigenvalue weighted by Crippen LogP contribution is -2.38. The Morgan fingerprint density at radius 1 is 1.16 bits per heavy atom. The SMILES string of the molecule is O=S(=O)(CC1CCCC(F)(F)C1)N1CCCC1c1cc(F)ccc1F. The van der Waals surface area contributed by atoms with Crippen LogP contribution in [0.2, 0.25) is 0 Å². The minimum atomic E-state index is -3.83. The molecule has 1 saturated heterocycles. The number of benzene rings is 1. The Morgan fingerprint density at radius 2 is 1.92 bits per heavy atom. The van der Waals surface area contributed by atoms with Gasteiger partial charge in [-0.15, -0.1) is 0 Å². The van der Waals surface area contributed by atoms with Crippen molar-refractivity contribution in [1.29, 1.82) is 0 Å². The maximum atomic E-state index is 14.1. The number of halogens is 4. The third-order valence-electron chi connectivity index (χ3n) is 5.07. The average Bonchev–Trinajstić information content (AvgIpc) is 2.98. The predicted molar refractivity (Wildman–Crippen MR) is 85.7 cm³/mol. The lowest BCUT2D eigenvalue weighted by molar-refractivity contribution is -0.0490. The van der Waals surface area contributed by atoms with Gasteiger partial charge in [-0.1, -0.05) is 0 Å². The van der Waals surface area contributed by atoms with Gasteiger partial charge in [0, 0.05) is 24.9 Å². The summed E-state index contributed by atoms with van der Waals surface area (Å²) >= 11 is 0. The first-order chi connectivity index (χ1) is 11.7. The van der Waals surface area contributed by atoms with E-state index in [-0.39, 0.29) is 24.3 Å². The van der Waals surface area contributed by atoms with E-state index in [1.807, 2.05) is 0 Å². The molecule has 2 fully saturated rings.